The van der Waals surface area contributed by atoms with E-state index in [9.17, 15) is 4.79 Å². The van der Waals surface area contributed by atoms with Crippen molar-refractivity contribution in [2.24, 2.45) is 0 Å². The number of nitrogens with zero attached hydrogens (tertiary/aromatic N) is 3. The van der Waals surface area contributed by atoms with Gasteiger partial charge in [0.25, 0.3) is 5.91 Å². The molecule has 1 aliphatic heterocycles. The quantitative estimate of drug-likeness (QED) is 0.589. The van der Waals surface area contributed by atoms with Crippen LogP contribution in [0.25, 0.3) is 0 Å². The lowest BCUT2D eigenvalue weighted by atomic mass is 10.2. The highest BCUT2D eigenvalue weighted by atomic mass is 16.5. The largest absolute Gasteiger partial charge is 0.368 e. The number of amides is 1. The zero-order chi connectivity index (χ0) is 20.1. The van der Waals surface area contributed by atoms with Crippen LogP contribution in [0.1, 0.15) is 18.4 Å². The van der Waals surface area contributed by atoms with Crippen LogP contribution in [-0.2, 0) is 9.53 Å². The Labute approximate surface area is 168 Å². The van der Waals surface area contributed by atoms with E-state index in [0.717, 1.165) is 35.6 Å². The van der Waals surface area contributed by atoms with E-state index in [1.165, 1.54) is 6.33 Å². The van der Waals surface area contributed by atoms with E-state index >= 15 is 0 Å². The minimum absolute atomic E-state index is 0.0977. The Morgan fingerprint density at radius 1 is 0.966 bits per heavy atom. The summed E-state index contributed by atoms with van der Waals surface area (Å²) < 4.78 is 5.40. The van der Waals surface area contributed by atoms with Crippen molar-refractivity contribution < 1.29 is 9.53 Å². The number of benzene rings is 1. The molecule has 1 fully saturated rings. The third kappa shape index (κ3) is 5.05. The lowest BCUT2D eigenvalue weighted by molar-refractivity contribution is -0.124. The third-order valence-electron chi connectivity index (χ3n) is 4.49. The number of nitrogens with one attached hydrogen (secondary N) is 3. The second-order valence-electron chi connectivity index (χ2n) is 6.83. The van der Waals surface area contributed by atoms with Crippen LogP contribution in [0.5, 0.6) is 0 Å². The number of aromatic nitrogens is 3. The number of hydrogen-bond donors (Lipinski definition) is 3. The molecule has 0 saturated carbocycles. The maximum Gasteiger partial charge on any atom is 0.253 e. The minimum atomic E-state index is -0.345. The molecule has 1 saturated heterocycles. The van der Waals surface area contributed by atoms with Gasteiger partial charge in [-0.1, -0.05) is 0 Å². The summed E-state index contributed by atoms with van der Waals surface area (Å²) in [5.74, 6) is 1.91. The number of pyridine rings is 1. The molecular formula is C21H22N6O2. The van der Waals surface area contributed by atoms with Crippen molar-refractivity contribution in [1.29, 1.82) is 0 Å². The van der Waals surface area contributed by atoms with E-state index in [0.29, 0.717) is 18.2 Å². The Morgan fingerprint density at radius 3 is 2.41 bits per heavy atom. The first-order valence-corrected chi connectivity index (χ1v) is 9.47. The molecule has 8 heteroatoms. The highest BCUT2D eigenvalue weighted by Crippen LogP contribution is 2.21. The van der Waals surface area contributed by atoms with Crippen molar-refractivity contribution in [2.45, 2.75) is 25.9 Å². The smallest absolute Gasteiger partial charge is 0.253 e. The molecule has 0 aliphatic carbocycles. The standard InChI is InChI=1S/C21H22N6O2/c1-14-8-9-22-18(11-14)27-20-12-19(23-13-24-20)25-15-4-6-16(7-5-15)26-21(28)17-3-2-10-29-17/h4-9,11-13,17H,2-3,10H2,1H3,(H,26,28)(H2,22,23,24,25,27). The van der Waals surface area contributed by atoms with Crippen LogP contribution >= 0.6 is 0 Å². The molecule has 3 aromatic rings. The predicted molar refractivity (Wildman–Crippen MR) is 112 cm³/mol. The minimum Gasteiger partial charge on any atom is -0.368 e. The number of hydrogen-bond acceptors (Lipinski definition) is 7. The molecule has 1 unspecified atom stereocenters. The third-order valence-corrected chi connectivity index (χ3v) is 4.49. The fourth-order valence-electron chi connectivity index (χ4n) is 3.02. The number of carbonyl (C=O) groups excluding carboxylic acids is 1. The Kier molecular flexibility index (Phi) is 5.62. The molecule has 1 aliphatic rings. The first-order valence-electron chi connectivity index (χ1n) is 9.47. The van der Waals surface area contributed by atoms with E-state index in [1.54, 1.807) is 12.3 Å². The second kappa shape index (κ2) is 8.66. The number of aryl methyl sites for hydroxylation is 1. The predicted octanol–water partition coefficient (Wildman–Crippen LogP) is 3.78. The van der Waals surface area contributed by atoms with Gasteiger partial charge in [0.2, 0.25) is 0 Å². The summed E-state index contributed by atoms with van der Waals surface area (Å²) in [7, 11) is 0. The Bertz CT molecular complexity index is 986. The summed E-state index contributed by atoms with van der Waals surface area (Å²) >= 11 is 0. The van der Waals surface area contributed by atoms with Crippen LogP contribution in [0, 0.1) is 6.92 Å². The Hall–Kier alpha value is -3.52. The van der Waals surface area contributed by atoms with Crippen molar-refractivity contribution in [3.8, 4) is 0 Å². The van der Waals surface area contributed by atoms with Gasteiger partial charge >= 0.3 is 0 Å². The molecule has 2 aromatic heterocycles. The van der Waals surface area contributed by atoms with Crippen LogP contribution in [0.3, 0.4) is 0 Å². The first-order chi connectivity index (χ1) is 14.2. The van der Waals surface area contributed by atoms with Crippen molar-refractivity contribution in [2.75, 3.05) is 22.6 Å². The van der Waals surface area contributed by atoms with Crippen LogP contribution in [0.15, 0.2) is 55.0 Å². The molecule has 148 valence electrons. The maximum absolute atomic E-state index is 12.1. The molecule has 0 radical (unpaired) electrons. The van der Waals surface area contributed by atoms with Gasteiger partial charge in [-0.25, -0.2) is 15.0 Å². The normalized spacial score (nSPS) is 15.7. The van der Waals surface area contributed by atoms with Crippen molar-refractivity contribution in [1.82, 2.24) is 15.0 Å². The van der Waals surface area contributed by atoms with Gasteiger partial charge in [0.05, 0.1) is 0 Å². The van der Waals surface area contributed by atoms with Gasteiger partial charge in [0.15, 0.2) is 0 Å². The van der Waals surface area contributed by atoms with Gasteiger partial charge in [0.1, 0.15) is 29.9 Å². The van der Waals surface area contributed by atoms with Gasteiger partial charge in [0, 0.05) is 30.2 Å². The summed E-state index contributed by atoms with van der Waals surface area (Å²) in [6.45, 7) is 2.66. The fourth-order valence-corrected chi connectivity index (χ4v) is 3.02. The monoisotopic (exact) mass is 390 g/mol. The van der Waals surface area contributed by atoms with E-state index < -0.39 is 0 Å². The average molecular weight is 390 g/mol. The SMILES string of the molecule is Cc1ccnc(Nc2cc(Nc3ccc(NC(=O)C4CCCO4)cc3)ncn2)c1. The van der Waals surface area contributed by atoms with Gasteiger partial charge in [-0.2, -0.15) is 0 Å². The number of carbonyl (C=O) groups is 1. The summed E-state index contributed by atoms with van der Waals surface area (Å²) in [5.41, 5.74) is 2.69. The molecule has 1 aromatic carbocycles. The topological polar surface area (TPSA) is 101 Å². The molecule has 8 nitrogen and oxygen atoms in total. The average Bonchev–Trinajstić information content (AvgIpc) is 3.25. The molecule has 0 bridgehead atoms. The molecule has 0 spiro atoms. The van der Waals surface area contributed by atoms with Gasteiger partial charge in [-0.05, 0) is 61.7 Å². The molecule has 3 N–H and O–H groups in total. The molecule has 29 heavy (non-hydrogen) atoms. The zero-order valence-electron chi connectivity index (χ0n) is 16.1. The molecular weight excluding hydrogens is 368 g/mol. The van der Waals surface area contributed by atoms with Gasteiger partial charge in [-0.3, -0.25) is 4.79 Å². The van der Waals surface area contributed by atoms with E-state index in [1.807, 2.05) is 43.3 Å². The molecule has 1 amide bonds. The number of rotatable bonds is 6. The summed E-state index contributed by atoms with van der Waals surface area (Å²) in [5, 5.41) is 9.28. The highest BCUT2D eigenvalue weighted by Gasteiger charge is 2.23. The maximum atomic E-state index is 12.1. The van der Waals surface area contributed by atoms with E-state index in [-0.39, 0.29) is 12.0 Å². The lowest BCUT2D eigenvalue weighted by Gasteiger charge is -2.12. The number of ether oxygens (including phenoxy) is 1. The summed E-state index contributed by atoms with van der Waals surface area (Å²) in [6, 6.07) is 13.1. The van der Waals surface area contributed by atoms with Gasteiger partial charge < -0.3 is 20.7 Å². The van der Waals surface area contributed by atoms with Crippen molar-refractivity contribution in [3.63, 3.8) is 0 Å². The fraction of sp³-hybridized carbons (Fsp3) is 0.238. The van der Waals surface area contributed by atoms with Crippen molar-refractivity contribution >= 4 is 34.7 Å². The lowest BCUT2D eigenvalue weighted by Crippen LogP contribution is -2.26. The summed E-state index contributed by atoms with van der Waals surface area (Å²) in [6.07, 6.45) is 4.58. The summed E-state index contributed by atoms with van der Waals surface area (Å²) in [4.78, 5) is 24.9. The Balaban J connectivity index is 1.38. The van der Waals surface area contributed by atoms with Gasteiger partial charge in [-0.15, -0.1) is 0 Å². The van der Waals surface area contributed by atoms with Crippen molar-refractivity contribution in [3.05, 3.63) is 60.6 Å². The second-order valence-corrected chi connectivity index (χ2v) is 6.83. The van der Waals surface area contributed by atoms with Crippen LogP contribution in [-0.4, -0.2) is 33.6 Å². The van der Waals surface area contributed by atoms with E-state index in [2.05, 4.69) is 30.9 Å². The first kappa shape index (κ1) is 18.8. The van der Waals surface area contributed by atoms with E-state index in [4.69, 9.17) is 4.74 Å². The highest BCUT2D eigenvalue weighted by molar-refractivity contribution is 5.94. The molecule has 4 rings (SSSR count). The van der Waals surface area contributed by atoms with Crippen LogP contribution in [0.4, 0.5) is 28.8 Å². The molecule has 1 atom stereocenters. The van der Waals surface area contributed by atoms with Crippen LogP contribution < -0.4 is 16.0 Å². The number of anilines is 5. The van der Waals surface area contributed by atoms with Crippen LogP contribution in [0.2, 0.25) is 0 Å². The Morgan fingerprint density at radius 2 is 1.69 bits per heavy atom. The molecule has 3 heterocycles. The zero-order valence-corrected chi connectivity index (χ0v) is 16.1.